The summed E-state index contributed by atoms with van der Waals surface area (Å²) in [4.78, 5) is 16.2. The van der Waals surface area contributed by atoms with Gasteiger partial charge in [-0.25, -0.2) is 17.7 Å². The largest absolute Gasteiger partial charge is 0.347 e. The third-order valence-corrected chi connectivity index (χ3v) is 5.63. The maximum absolute atomic E-state index is 11.7. The van der Waals surface area contributed by atoms with Gasteiger partial charge in [0.2, 0.25) is 15.9 Å². The lowest BCUT2D eigenvalue weighted by atomic mass is 10.2. The highest BCUT2D eigenvalue weighted by Gasteiger charge is 2.21. The van der Waals surface area contributed by atoms with Crippen LogP contribution in [-0.4, -0.2) is 43.5 Å². The van der Waals surface area contributed by atoms with Crippen molar-refractivity contribution in [3.63, 3.8) is 0 Å². The van der Waals surface area contributed by atoms with Crippen molar-refractivity contribution in [2.24, 2.45) is 0 Å². The predicted molar refractivity (Wildman–Crippen MR) is 80.2 cm³/mol. The van der Waals surface area contributed by atoms with E-state index in [2.05, 4.69) is 24.1 Å². The Morgan fingerprint density at radius 3 is 2.45 bits per heavy atom. The molecule has 1 aromatic rings. The van der Waals surface area contributed by atoms with Gasteiger partial charge in [0.15, 0.2) is 0 Å². The topological polar surface area (TPSA) is 79.4 Å². The van der Waals surface area contributed by atoms with E-state index in [0.29, 0.717) is 5.92 Å². The molecule has 1 aromatic heterocycles. The van der Waals surface area contributed by atoms with Crippen LogP contribution in [0.2, 0.25) is 0 Å². The van der Waals surface area contributed by atoms with Crippen molar-refractivity contribution in [3.05, 3.63) is 16.1 Å². The monoisotopic (exact) mass is 319 g/mol. The summed E-state index contributed by atoms with van der Waals surface area (Å²) in [7, 11) is -0.722. The van der Waals surface area contributed by atoms with E-state index < -0.39 is 21.7 Å². The molecule has 0 aromatic carbocycles. The third kappa shape index (κ3) is 4.53. The maximum Gasteiger partial charge on any atom is 0.237 e. The van der Waals surface area contributed by atoms with Gasteiger partial charge in [-0.1, -0.05) is 13.8 Å². The molecule has 1 unspecified atom stereocenters. The summed E-state index contributed by atoms with van der Waals surface area (Å²) in [5, 5.41) is 5.55. The first-order valence-corrected chi connectivity index (χ1v) is 8.77. The van der Waals surface area contributed by atoms with E-state index in [0.717, 1.165) is 15.0 Å². The molecule has 114 valence electrons. The molecule has 0 aliphatic heterocycles. The Morgan fingerprint density at radius 1 is 1.40 bits per heavy atom. The number of nitrogens with zero attached hydrogens (tertiary/aromatic N) is 2. The molecular formula is C12H21N3O3S2. The fourth-order valence-electron chi connectivity index (χ4n) is 1.42. The highest BCUT2D eigenvalue weighted by molar-refractivity contribution is 7.89. The smallest absolute Gasteiger partial charge is 0.237 e. The van der Waals surface area contributed by atoms with Crippen molar-refractivity contribution in [2.75, 3.05) is 19.8 Å². The standard InChI is InChI=1S/C12H21N3O3S2/c1-8(2)12-14-10(6-19-12)9(3)13-11(16)7-20(17,18)15(4)5/h6,8-9H,7H2,1-5H3,(H,13,16). The Hall–Kier alpha value is -0.990. The van der Waals surface area contributed by atoms with Gasteiger partial charge in [-0.15, -0.1) is 11.3 Å². The minimum atomic E-state index is -3.53. The SMILES string of the molecule is CC(C)c1nc(C(C)NC(=O)CS(=O)(=O)N(C)C)cs1. The zero-order valence-electron chi connectivity index (χ0n) is 12.4. The first kappa shape index (κ1) is 17.1. The van der Waals surface area contributed by atoms with Crippen molar-refractivity contribution in [1.82, 2.24) is 14.6 Å². The molecule has 1 amide bonds. The molecule has 0 saturated heterocycles. The van der Waals surface area contributed by atoms with E-state index in [1.165, 1.54) is 14.1 Å². The van der Waals surface area contributed by atoms with Crippen LogP contribution in [0.1, 0.15) is 43.4 Å². The van der Waals surface area contributed by atoms with E-state index in [-0.39, 0.29) is 6.04 Å². The number of nitrogens with one attached hydrogen (secondary N) is 1. The van der Waals surface area contributed by atoms with Gasteiger partial charge in [0.1, 0.15) is 5.75 Å². The van der Waals surface area contributed by atoms with E-state index in [9.17, 15) is 13.2 Å². The number of amides is 1. The van der Waals surface area contributed by atoms with Crippen molar-refractivity contribution in [1.29, 1.82) is 0 Å². The predicted octanol–water partition coefficient (Wildman–Crippen LogP) is 1.34. The van der Waals surface area contributed by atoms with Crippen LogP contribution in [0.15, 0.2) is 5.38 Å². The van der Waals surface area contributed by atoms with Gasteiger partial charge in [0.05, 0.1) is 16.7 Å². The van der Waals surface area contributed by atoms with Gasteiger partial charge in [-0.05, 0) is 6.92 Å². The quantitative estimate of drug-likeness (QED) is 0.858. The van der Waals surface area contributed by atoms with Gasteiger partial charge >= 0.3 is 0 Å². The summed E-state index contributed by atoms with van der Waals surface area (Å²) in [5.41, 5.74) is 0.759. The molecule has 0 bridgehead atoms. The molecule has 1 heterocycles. The molecule has 1 atom stereocenters. The highest BCUT2D eigenvalue weighted by Crippen LogP contribution is 2.22. The van der Waals surface area contributed by atoms with Crippen LogP contribution in [0.5, 0.6) is 0 Å². The Balaban J connectivity index is 2.66. The van der Waals surface area contributed by atoms with Crippen LogP contribution in [0, 0.1) is 0 Å². The van der Waals surface area contributed by atoms with Crippen molar-refractivity contribution < 1.29 is 13.2 Å². The average molecular weight is 319 g/mol. The number of hydrogen-bond donors (Lipinski definition) is 1. The van der Waals surface area contributed by atoms with Crippen molar-refractivity contribution in [2.45, 2.75) is 32.7 Å². The lowest BCUT2D eigenvalue weighted by Gasteiger charge is -2.14. The van der Waals surface area contributed by atoms with Crippen LogP contribution in [0.3, 0.4) is 0 Å². The molecule has 0 saturated carbocycles. The summed E-state index contributed by atoms with van der Waals surface area (Å²) in [5.74, 6) is -0.734. The Labute approximate surface area is 124 Å². The lowest BCUT2D eigenvalue weighted by molar-refractivity contribution is -0.119. The molecular weight excluding hydrogens is 298 g/mol. The van der Waals surface area contributed by atoms with Gasteiger partial charge in [-0.3, -0.25) is 4.79 Å². The van der Waals surface area contributed by atoms with Gasteiger partial charge in [0, 0.05) is 25.4 Å². The Morgan fingerprint density at radius 2 is 2.00 bits per heavy atom. The van der Waals surface area contributed by atoms with E-state index in [1.807, 2.05) is 5.38 Å². The molecule has 8 heteroatoms. The molecule has 0 aliphatic rings. The van der Waals surface area contributed by atoms with Crippen LogP contribution < -0.4 is 5.32 Å². The van der Waals surface area contributed by atoms with Crippen LogP contribution >= 0.6 is 11.3 Å². The number of rotatable bonds is 6. The number of carbonyl (C=O) groups excluding carboxylic acids is 1. The second kappa shape index (κ2) is 6.64. The zero-order chi connectivity index (χ0) is 15.5. The zero-order valence-corrected chi connectivity index (χ0v) is 14.0. The minimum absolute atomic E-state index is 0.302. The van der Waals surface area contributed by atoms with Crippen LogP contribution in [0.25, 0.3) is 0 Å². The van der Waals surface area contributed by atoms with Crippen molar-refractivity contribution >= 4 is 27.3 Å². The van der Waals surface area contributed by atoms with Gasteiger partial charge in [-0.2, -0.15) is 0 Å². The Kier molecular flexibility index (Phi) is 5.67. The van der Waals surface area contributed by atoms with Crippen LogP contribution in [0.4, 0.5) is 0 Å². The first-order valence-electron chi connectivity index (χ1n) is 6.28. The molecule has 6 nitrogen and oxygen atoms in total. The molecule has 20 heavy (non-hydrogen) atoms. The highest BCUT2D eigenvalue weighted by atomic mass is 32.2. The summed E-state index contributed by atoms with van der Waals surface area (Å²) < 4.78 is 24.2. The fraction of sp³-hybridized carbons (Fsp3) is 0.667. The number of carbonyl (C=O) groups is 1. The van der Waals surface area contributed by atoms with E-state index in [1.54, 1.807) is 18.3 Å². The molecule has 1 rings (SSSR count). The summed E-state index contributed by atoms with van der Waals surface area (Å²) in [6, 6.07) is -0.302. The number of aromatic nitrogens is 1. The molecule has 1 N–H and O–H groups in total. The molecule has 0 radical (unpaired) electrons. The second-order valence-electron chi connectivity index (χ2n) is 5.09. The molecule has 0 fully saturated rings. The number of hydrogen-bond acceptors (Lipinski definition) is 5. The molecule has 0 aliphatic carbocycles. The van der Waals surface area contributed by atoms with E-state index >= 15 is 0 Å². The van der Waals surface area contributed by atoms with Crippen molar-refractivity contribution in [3.8, 4) is 0 Å². The van der Waals surface area contributed by atoms with Gasteiger partial charge < -0.3 is 5.32 Å². The van der Waals surface area contributed by atoms with Crippen LogP contribution in [-0.2, 0) is 14.8 Å². The minimum Gasteiger partial charge on any atom is -0.347 e. The molecule has 0 spiro atoms. The summed E-state index contributed by atoms with van der Waals surface area (Å²) in [6.45, 7) is 5.89. The lowest BCUT2D eigenvalue weighted by Crippen LogP contribution is -2.37. The average Bonchev–Trinajstić information content (AvgIpc) is 2.76. The fourth-order valence-corrected chi connectivity index (χ4v) is 3.02. The second-order valence-corrected chi connectivity index (χ2v) is 8.17. The first-order chi connectivity index (χ1) is 9.13. The summed E-state index contributed by atoms with van der Waals surface area (Å²) in [6.07, 6.45) is 0. The number of sulfonamides is 1. The van der Waals surface area contributed by atoms with Gasteiger partial charge in [0.25, 0.3) is 0 Å². The third-order valence-electron chi connectivity index (χ3n) is 2.72. The Bertz CT molecular complexity index is 564. The summed E-state index contributed by atoms with van der Waals surface area (Å²) >= 11 is 1.54. The van der Waals surface area contributed by atoms with E-state index in [4.69, 9.17) is 0 Å². The maximum atomic E-state index is 11.7. The number of thiazole rings is 1. The normalized spacial score (nSPS) is 13.8.